The zero-order chi connectivity index (χ0) is 22.3. The van der Waals surface area contributed by atoms with Gasteiger partial charge in [-0.2, -0.15) is 13.2 Å². The van der Waals surface area contributed by atoms with Crippen LogP contribution in [0.4, 0.5) is 24.5 Å². The Labute approximate surface area is 185 Å². The van der Waals surface area contributed by atoms with Gasteiger partial charge in [-0.3, -0.25) is 4.79 Å². The number of hydrogen-bond acceptors (Lipinski definition) is 4. The minimum Gasteiger partial charge on any atom is -0.378 e. The molecule has 0 radical (unpaired) electrons. The van der Waals surface area contributed by atoms with Gasteiger partial charge in [0.05, 0.1) is 30.7 Å². The number of rotatable bonds is 2. The van der Waals surface area contributed by atoms with Crippen LogP contribution < -0.4 is 9.80 Å². The quantitative estimate of drug-likeness (QED) is 0.710. The van der Waals surface area contributed by atoms with E-state index in [1.165, 1.54) is 6.07 Å². The lowest BCUT2D eigenvalue weighted by Crippen LogP contribution is -2.62. The second-order valence-electron chi connectivity index (χ2n) is 8.63. The maximum absolute atomic E-state index is 13.5. The molecule has 2 saturated heterocycles. The zero-order valence-corrected chi connectivity index (χ0v) is 17.7. The SMILES string of the molecule is O=C([C@H]1Cc2cc(C(F)(F)F)ccc2N2CCN(c3ccccc3)C[C@@H]12)N1CCOCC1. The molecule has 3 aliphatic heterocycles. The van der Waals surface area contributed by atoms with Gasteiger partial charge in [0, 0.05) is 44.1 Å². The Kier molecular flexibility index (Phi) is 5.49. The van der Waals surface area contributed by atoms with Crippen LogP contribution in [0.1, 0.15) is 11.1 Å². The minimum absolute atomic E-state index is 0.0151. The molecule has 2 atom stereocenters. The van der Waals surface area contributed by atoms with Crippen LogP contribution in [-0.4, -0.2) is 62.8 Å². The molecule has 170 valence electrons. The Morgan fingerprint density at radius 1 is 0.969 bits per heavy atom. The normalized spacial score (nSPS) is 23.5. The van der Waals surface area contributed by atoms with Crippen molar-refractivity contribution in [3.8, 4) is 0 Å². The van der Waals surface area contributed by atoms with Crippen LogP contribution in [0.25, 0.3) is 0 Å². The Morgan fingerprint density at radius 3 is 2.44 bits per heavy atom. The van der Waals surface area contributed by atoms with E-state index in [1.54, 1.807) is 6.07 Å². The minimum atomic E-state index is -4.40. The molecule has 1 amide bonds. The van der Waals surface area contributed by atoms with Gasteiger partial charge in [0.2, 0.25) is 5.91 Å². The van der Waals surface area contributed by atoms with Crippen molar-refractivity contribution in [3.05, 3.63) is 59.7 Å². The molecule has 0 aliphatic carbocycles. The van der Waals surface area contributed by atoms with Gasteiger partial charge in [-0.15, -0.1) is 0 Å². The average molecular weight is 445 g/mol. The summed E-state index contributed by atoms with van der Waals surface area (Å²) >= 11 is 0. The van der Waals surface area contributed by atoms with Crippen molar-refractivity contribution in [1.29, 1.82) is 0 Å². The van der Waals surface area contributed by atoms with E-state index in [-0.39, 0.29) is 11.9 Å². The molecule has 2 fully saturated rings. The number of para-hydroxylation sites is 1. The second kappa shape index (κ2) is 8.31. The summed E-state index contributed by atoms with van der Waals surface area (Å²) in [7, 11) is 0. The Bertz CT molecular complexity index is 976. The number of morpholine rings is 1. The molecule has 0 aromatic heterocycles. The number of carbonyl (C=O) groups is 1. The molecule has 3 aliphatic rings. The lowest BCUT2D eigenvalue weighted by Gasteiger charge is -2.50. The van der Waals surface area contributed by atoms with Gasteiger partial charge in [0.1, 0.15) is 0 Å². The van der Waals surface area contributed by atoms with Crippen LogP contribution in [0.5, 0.6) is 0 Å². The average Bonchev–Trinajstić information content (AvgIpc) is 2.83. The molecular weight excluding hydrogens is 419 g/mol. The Balaban J connectivity index is 1.49. The summed E-state index contributed by atoms with van der Waals surface area (Å²) < 4.78 is 45.5. The van der Waals surface area contributed by atoms with Crippen LogP contribution in [-0.2, 0) is 22.1 Å². The van der Waals surface area contributed by atoms with Gasteiger partial charge in [-0.05, 0) is 42.3 Å². The number of benzene rings is 2. The lowest BCUT2D eigenvalue weighted by atomic mass is 9.82. The smallest absolute Gasteiger partial charge is 0.378 e. The third-order valence-electron chi connectivity index (χ3n) is 6.80. The number of alkyl halides is 3. The Morgan fingerprint density at radius 2 is 1.72 bits per heavy atom. The predicted octanol–water partition coefficient (Wildman–Crippen LogP) is 3.43. The molecule has 2 aromatic carbocycles. The molecule has 32 heavy (non-hydrogen) atoms. The van der Waals surface area contributed by atoms with Crippen LogP contribution in [0.3, 0.4) is 0 Å². The van der Waals surface area contributed by atoms with Crippen molar-refractivity contribution in [2.75, 3.05) is 55.7 Å². The maximum atomic E-state index is 13.5. The monoisotopic (exact) mass is 445 g/mol. The van der Waals surface area contributed by atoms with E-state index in [2.05, 4.69) is 21.9 Å². The van der Waals surface area contributed by atoms with Crippen LogP contribution in [0.2, 0.25) is 0 Å². The lowest BCUT2D eigenvalue weighted by molar-refractivity contribution is -0.140. The van der Waals surface area contributed by atoms with E-state index in [0.29, 0.717) is 51.4 Å². The summed E-state index contributed by atoms with van der Waals surface area (Å²) in [5, 5.41) is 0. The van der Waals surface area contributed by atoms with E-state index >= 15 is 0 Å². The number of hydrogen-bond donors (Lipinski definition) is 0. The zero-order valence-electron chi connectivity index (χ0n) is 17.7. The first-order valence-corrected chi connectivity index (χ1v) is 11.0. The van der Waals surface area contributed by atoms with Crippen LogP contribution in [0.15, 0.2) is 48.5 Å². The molecule has 8 heteroatoms. The fourth-order valence-electron chi connectivity index (χ4n) is 5.18. The molecule has 5 rings (SSSR count). The number of fused-ring (bicyclic) bond motifs is 3. The largest absolute Gasteiger partial charge is 0.416 e. The first-order chi connectivity index (χ1) is 15.4. The van der Waals surface area contributed by atoms with Crippen molar-refractivity contribution >= 4 is 17.3 Å². The second-order valence-corrected chi connectivity index (χ2v) is 8.63. The number of carbonyl (C=O) groups excluding carboxylic acids is 1. The molecule has 0 spiro atoms. The summed E-state index contributed by atoms with van der Waals surface area (Å²) in [4.78, 5) is 19.8. The molecule has 0 unspecified atom stereocenters. The Hall–Kier alpha value is -2.74. The highest BCUT2D eigenvalue weighted by Gasteiger charge is 2.44. The van der Waals surface area contributed by atoms with Crippen molar-refractivity contribution < 1.29 is 22.7 Å². The van der Waals surface area contributed by atoms with Gasteiger partial charge < -0.3 is 19.4 Å². The molecule has 5 nitrogen and oxygen atoms in total. The van der Waals surface area contributed by atoms with E-state index in [9.17, 15) is 18.0 Å². The van der Waals surface area contributed by atoms with Gasteiger partial charge in [-0.1, -0.05) is 18.2 Å². The van der Waals surface area contributed by atoms with Gasteiger partial charge in [0.25, 0.3) is 0 Å². The van der Waals surface area contributed by atoms with Crippen molar-refractivity contribution in [3.63, 3.8) is 0 Å². The maximum Gasteiger partial charge on any atom is 0.416 e. The number of piperazine rings is 1. The van der Waals surface area contributed by atoms with Gasteiger partial charge in [-0.25, -0.2) is 0 Å². The highest BCUT2D eigenvalue weighted by atomic mass is 19.4. The van der Waals surface area contributed by atoms with Crippen molar-refractivity contribution in [2.24, 2.45) is 5.92 Å². The van der Waals surface area contributed by atoms with Gasteiger partial charge >= 0.3 is 6.18 Å². The summed E-state index contributed by atoms with van der Waals surface area (Å²) in [6.07, 6.45) is -4.08. The third kappa shape index (κ3) is 3.92. The first kappa shape index (κ1) is 21.1. The molecule has 2 aromatic rings. The van der Waals surface area contributed by atoms with Crippen LogP contribution in [0, 0.1) is 5.92 Å². The predicted molar refractivity (Wildman–Crippen MR) is 116 cm³/mol. The third-order valence-corrected chi connectivity index (χ3v) is 6.80. The number of halogens is 3. The number of amides is 1. The standard InChI is InChI=1S/C24H26F3N3O2/c25-24(26,27)18-6-7-21-17(14-18)15-20(23(31)28-10-12-32-13-11-28)22-16-29(8-9-30(21)22)19-4-2-1-3-5-19/h1-7,14,20,22H,8-13,15-16H2/t20-,22-/m0/s1. The van der Waals surface area contributed by atoms with Crippen molar-refractivity contribution in [2.45, 2.75) is 18.6 Å². The molecule has 3 heterocycles. The summed E-state index contributed by atoms with van der Waals surface area (Å²) in [6.45, 7) is 4.12. The fourth-order valence-corrected chi connectivity index (χ4v) is 5.18. The van der Waals surface area contributed by atoms with E-state index in [4.69, 9.17) is 4.74 Å². The van der Waals surface area contributed by atoms with E-state index in [1.807, 2.05) is 23.1 Å². The topological polar surface area (TPSA) is 36.0 Å². The first-order valence-electron chi connectivity index (χ1n) is 11.0. The van der Waals surface area contributed by atoms with Crippen molar-refractivity contribution in [1.82, 2.24) is 4.90 Å². The number of nitrogens with zero attached hydrogens (tertiary/aromatic N) is 3. The summed E-state index contributed by atoms with van der Waals surface area (Å²) in [6, 6.07) is 13.9. The fraction of sp³-hybridized carbons (Fsp3) is 0.458. The molecule has 0 N–H and O–H groups in total. The van der Waals surface area contributed by atoms with Gasteiger partial charge in [0.15, 0.2) is 0 Å². The molecule has 0 bridgehead atoms. The van der Waals surface area contributed by atoms with E-state index in [0.717, 1.165) is 24.0 Å². The molecule has 0 saturated carbocycles. The molecular formula is C24H26F3N3O2. The van der Waals surface area contributed by atoms with Crippen LogP contribution >= 0.6 is 0 Å². The number of anilines is 2. The van der Waals surface area contributed by atoms with E-state index < -0.39 is 17.7 Å². The highest BCUT2D eigenvalue weighted by molar-refractivity contribution is 5.82. The summed E-state index contributed by atoms with van der Waals surface area (Å²) in [5.41, 5.74) is 1.87. The highest BCUT2D eigenvalue weighted by Crippen LogP contribution is 2.40. The summed E-state index contributed by atoms with van der Waals surface area (Å²) in [5.74, 6) is -0.378. The number of ether oxygens (including phenoxy) is 1.